The third kappa shape index (κ3) is 13.1. The summed E-state index contributed by atoms with van der Waals surface area (Å²) in [5.41, 5.74) is 0. The first-order chi connectivity index (χ1) is 9.00. The van der Waals surface area contributed by atoms with Gasteiger partial charge in [0.15, 0.2) is 0 Å². The molecule has 0 bridgehead atoms. The van der Waals surface area contributed by atoms with Crippen molar-refractivity contribution in [3.63, 3.8) is 0 Å². The Balaban J connectivity index is 0.000000249. The van der Waals surface area contributed by atoms with Gasteiger partial charge in [-0.15, -0.1) is 0 Å². The third-order valence-corrected chi connectivity index (χ3v) is 1.82. The van der Waals surface area contributed by atoms with Gasteiger partial charge in [-0.05, 0) is 0 Å². The van der Waals surface area contributed by atoms with Crippen molar-refractivity contribution < 1.29 is 37.3 Å². The van der Waals surface area contributed by atoms with Crippen molar-refractivity contribution in [2.24, 2.45) is 0 Å². The summed E-state index contributed by atoms with van der Waals surface area (Å²) in [5.74, 6) is 0. The molecular formula is C18H15Er. The Labute approximate surface area is 145 Å². The molecule has 0 saturated carbocycles. The van der Waals surface area contributed by atoms with Gasteiger partial charge in [-0.25, -0.2) is 0 Å². The maximum absolute atomic E-state index is 2.89. The molecule has 3 aromatic carbocycles. The Bertz CT molecular complexity index is 296. The fourth-order valence-electron chi connectivity index (χ4n) is 1.03. The molecule has 0 spiro atoms. The van der Waals surface area contributed by atoms with Crippen molar-refractivity contribution in [2.75, 3.05) is 0 Å². The van der Waals surface area contributed by atoms with Gasteiger partial charge >= 0.3 is 37.3 Å². The minimum absolute atomic E-state index is 0. The zero-order valence-electron chi connectivity index (χ0n) is 10.4. The normalized spacial score (nSPS) is 7.58. The van der Waals surface area contributed by atoms with E-state index in [4.69, 9.17) is 0 Å². The molecule has 0 amide bonds. The van der Waals surface area contributed by atoms with Crippen LogP contribution in [0.25, 0.3) is 0 Å². The van der Waals surface area contributed by atoms with Gasteiger partial charge in [0.25, 0.3) is 0 Å². The molecule has 0 heterocycles. The molecule has 0 unspecified atom stereocenters. The van der Waals surface area contributed by atoms with E-state index in [2.05, 4.69) is 18.2 Å². The van der Waals surface area contributed by atoms with E-state index in [0.29, 0.717) is 0 Å². The second kappa shape index (κ2) is 15.0. The predicted molar refractivity (Wildman–Crippen MR) is 75.8 cm³/mol. The fraction of sp³-hybridized carbons (Fsp3) is 0. The Morgan fingerprint density at radius 2 is 0.526 bits per heavy atom. The van der Waals surface area contributed by atoms with Gasteiger partial charge in [0.1, 0.15) is 0 Å². The summed E-state index contributed by atoms with van der Waals surface area (Å²) in [7, 11) is 0. The molecule has 0 aliphatic carbocycles. The van der Waals surface area contributed by atoms with Crippen LogP contribution >= 0.6 is 0 Å². The molecular weight excluding hydrogens is 383 g/mol. The number of hydrogen-bond donors (Lipinski definition) is 0. The average molecular weight is 399 g/mol. The molecule has 1 heteroatoms. The first kappa shape index (κ1) is 17.9. The molecule has 0 saturated heterocycles. The van der Waals surface area contributed by atoms with Gasteiger partial charge in [-0.3, -0.25) is 0 Å². The van der Waals surface area contributed by atoms with Gasteiger partial charge in [-0.2, -0.15) is 109 Å². The van der Waals surface area contributed by atoms with Crippen LogP contribution in [0.1, 0.15) is 0 Å². The second-order valence-electron chi connectivity index (χ2n) is 3.23. The molecule has 0 aliphatic heterocycles. The molecule has 0 atom stereocenters. The molecule has 0 nitrogen and oxygen atoms in total. The summed E-state index contributed by atoms with van der Waals surface area (Å²) in [5, 5.41) is 0. The van der Waals surface area contributed by atoms with Crippen LogP contribution in [0.15, 0.2) is 91.0 Å². The summed E-state index contributed by atoms with van der Waals surface area (Å²) < 4.78 is 0. The Morgan fingerprint density at radius 3 is 0.579 bits per heavy atom. The molecule has 3 aromatic rings. The van der Waals surface area contributed by atoms with Crippen LogP contribution in [0.2, 0.25) is 0 Å². The van der Waals surface area contributed by atoms with Crippen LogP contribution < -0.4 is 0 Å². The van der Waals surface area contributed by atoms with E-state index in [1.54, 1.807) is 0 Å². The van der Waals surface area contributed by atoms with Crippen LogP contribution in [0, 0.1) is 55.5 Å². The van der Waals surface area contributed by atoms with E-state index in [9.17, 15) is 0 Å². The number of benzene rings is 3. The van der Waals surface area contributed by atoms with Crippen molar-refractivity contribution in [1.82, 2.24) is 0 Å². The minimum atomic E-state index is 0. The van der Waals surface area contributed by atoms with Gasteiger partial charge in [0, 0.05) is 0 Å². The van der Waals surface area contributed by atoms with Crippen molar-refractivity contribution in [3.8, 4) is 0 Å². The van der Waals surface area contributed by atoms with Gasteiger partial charge < -0.3 is 0 Å². The summed E-state index contributed by atoms with van der Waals surface area (Å²) in [4.78, 5) is 0. The predicted octanol–water partition coefficient (Wildman–Crippen LogP) is 4.46. The first-order valence-electron chi connectivity index (χ1n) is 5.73. The van der Waals surface area contributed by atoms with Crippen LogP contribution in [0.4, 0.5) is 0 Å². The molecule has 3 rings (SSSR count). The Kier molecular flexibility index (Phi) is 14.1. The number of hydrogen-bond acceptors (Lipinski definition) is 0. The zero-order valence-corrected chi connectivity index (χ0v) is 12.3. The van der Waals surface area contributed by atoms with E-state index < -0.39 is 0 Å². The largest absolute Gasteiger partial charge is 3.00 e. The maximum atomic E-state index is 2.89. The van der Waals surface area contributed by atoms with Crippen molar-refractivity contribution in [1.29, 1.82) is 0 Å². The Morgan fingerprint density at radius 1 is 0.316 bits per heavy atom. The van der Waals surface area contributed by atoms with E-state index in [1.165, 1.54) is 0 Å². The molecule has 99 valence electrons. The summed E-state index contributed by atoms with van der Waals surface area (Å²) in [6.07, 6.45) is 0. The topological polar surface area (TPSA) is 0 Å². The monoisotopic (exact) mass is 397 g/mol. The summed E-state index contributed by atoms with van der Waals surface area (Å²) in [6.45, 7) is 0. The molecule has 0 aliphatic rings. The molecule has 19 heavy (non-hydrogen) atoms. The van der Waals surface area contributed by atoms with Crippen LogP contribution in [-0.2, 0) is 0 Å². The van der Waals surface area contributed by atoms with Gasteiger partial charge in [0.05, 0.1) is 0 Å². The first-order valence-corrected chi connectivity index (χ1v) is 5.73. The maximum Gasteiger partial charge on any atom is 3.00 e. The van der Waals surface area contributed by atoms with Gasteiger partial charge in [0.2, 0.25) is 0 Å². The van der Waals surface area contributed by atoms with E-state index >= 15 is 0 Å². The van der Waals surface area contributed by atoms with E-state index in [1.807, 2.05) is 91.0 Å². The molecule has 0 fully saturated rings. The summed E-state index contributed by atoms with van der Waals surface area (Å²) in [6, 6.07) is 37.5. The van der Waals surface area contributed by atoms with E-state index in [0.717, 1.165) is 0 Å². The Hall–Kier alpha value is -1.09. The SMILES string of the molecule is [Er+3].[c-]1ccccc1.[c-]1ccccc1.[c-]1ccccc1. The molecule has 0 aromatic heterocycles. The van der Waals surface area contributed by atoms with Crippen molar-refractivity contribution in [2.45, 2.75) is 0 Å². The van der Waals surface area contributed by atoms with Crippen molar-refractivity contribution in [3.05, 3.63) is 109 Å². The minimum Gasteiger partial charge on any atom is -0.184 e. The van der Waals surface area contributed by atoms with Gasteiger partial charge in [-0.1, -0.05) is 0 Å². The number of rotatable bonds is 0. The zero-order chi connectivity index (χ0) is 12.7. The van der Waals surface area contributed by atoms with E-state index in [-0.39, 0.29) is 37.3 Å². The molecule has 1 radical (unpaired) electrons. The van der Waals surface area contributed by atoms with Crippen molar-refractivity contribution >= 4 is 0 Å². The fourth-order valence-corrected chi connectivity index (χ4v) is 1.03. The third-order valence-electron chi connectivity index (χ3n) is 1.82. The standard InChI is InChI=1S/3C6H5.Er/c3*1-2-4-6-5-3-1;/h3*1-5H;/q3*-1;+3. The molecule has 0 N–H and O–H groups in total. The average Bonchev–Trinajstić information content (AvgIpc) is 2.54. The van der Waals surface area contributed by atoms with Crippen LogP contribution in [0.3, 0.4) is 0 Å². The summed E-state index contributed by atoms with van der Waals surface area (Å²) >= 11 is 0. The smallest absolute Gasteiger partial charge is 0.184 e. The van der Waals surface area contributed by atoms with Crippen LogP contribution in [0.5, 0.6) is 0 Å². The quantitative estimate of drug-likeness (QED) is 0.491. The van der Waals surface area contributed by atoms with Crippen LogP contribution in [-0.4, -0.2) is 0 Å². The second-order valence-corrected chi connectivity index (χ2v) is 3.23.